The number of nitrogens with zero attached hydrogens (tertiary/aromatic N) is 2. The van der Waals surface area contributed by atoms with Gasteiger partial charge in [-0.3, -0.25) is 24.7 Å². The van der Waals surface area contributed by atoms with Crippen LogP contribution >= 0.6 is 12.4 Å². The third-order valence-electron chi connectivity index (χ3n) is 9.27. The predicted octanol–water partition coefficient (Wildman–Crippen LogP) is 6.06. The van der Waals surface area contributed by atoms with Crippen molar-refractivity contribution >= 4 is 24.0 Å². The van der Waals surface area contributed by atoms with Crippen molar-refractivity contribution in [2.75, 3.05) is 52.4 Å². The largest absolute Gasteiger partial charge is 0.359 e. The van der Waals surface area contributed by atoms with Crippen LogP contribution in [0.15, 0.2) is 48.5 Å². The Morgan fingerprint density at radius 3 is 1.49 bits per heavy atom. The highest BCUT2D eigenvalue weighted by atomic mass is 35.5. The molecule has 0 radical (unpaired) electrons. The molecular weight excluding hydrogens is 584 g/mol. The van der Waals surface area contributed by atoms with Crippen molar-refractivity contribution in [2.24, 2.45) is 0 Å². The SMILES string of the molecule is CC(C)c1ccc(CN2CCC(=O)CC2)cc1.CC(C)c1ccc(CN2CCC3(CC2)NCCO3)cc1.Cl.O=C1CCNCC1. The van der Waals surface area contributed by atoms with Gasteiger partial charge in [0.2, 0.25) is 0 Å². The van der Waals surface area contributed by atoms with Gasteiger partial charge in [0.15, 0.2) is 0 Å². The lowest BCUT2D eigenvalue weighted by molar-refractivity contribution is -0.121. The van der Waals surface area contributed by atoms with E-state index in [9.17, 15) is 9.59 Å². The van der Waals surface area contributed by atoms with E-state index in [1.165, 1.54) is 22.3 Å². The van der Waals surface area contributed by atoms with Gasteiger partial charge in [-0.05, 0) is 34.1 Å². The number of ether oxygens (including phenoxy) is 1. The number of hydrogen-bond acceptors (Lipinski definition) is 7. The quantitative estimate of drug-likeness (QED) is 0.398. The second kappa shape index (κ2) is 18.9. The first-order valence-electron chi connectivity index (χ1n) is 17.0. The van der Waals surface area contributed by atoms with Gasteiger partial charge in [-0.25, -0.2) is 0 Å². The lowest BCUT2D eigenvalue weighted by Crippen LogP contribution is -2.50. The molecule has 0 atom stereocenters. The van der Waals surface area contributed by atoms with Gasteiger partial charge in [-0.2, -0.15) is 0 Å². The molecule has 4 fully saturated rings. The summed E-state index contributed by atoms with van der Waals surface area (Å²) >= 11 is 0. The summed E-state index contributed by atoms with van der Waals surface area (Å²) in [6.45, 7) is 18.7. The van der Waals surface area contributed by atoms with Gasteiger partial charge in [0, 0.05) is 97.4 Å². The van der Waals surface area contributed by atoms with Crippen LogP contribution in [-0.2, 0) is 27.4 Å². The number of ketones is 2. The van der Waals surface area contributed by atoms with Crippen LogP contribution in [0.25, 0.3) is 0 Å². The monoisotopic (exact) mass is 640 g/mol. The van der Waals surface area contributed by atoms with E-state index in [-0.39, 0.29) is 18.1 Å². The maximum atomic E-state index is 11.2. The average molecular weight is 641 g/mol. The molecule has 0 aliphatic carbocycles. The molecular formula is C37H57ClN4O3. The molecule has 7 nitrogen and oxygen atoms in total. The lowest BCUT2D eigenvalue weighted by Gasteiger charge is -2.38. The topological polar surface area (TPSA) is 73.9 Å². The minimum atomic E-state index is -0.00198. The van der Waals surface area contributed by atoms with Crippen LogP contribution in [0.4, 0.5) is 0 Å². The van der Waals surface area contributed by atoms with Crippen LogP contribution in [0.5, 0.6) is 0 Å². The molecule has 2 N–H and O–H groups in total. The zero-order valence-corrected chi connectivity index (χ0v) is 28.9. The van der Waals surface area contributed by atoms with Crippen molar-refractivity contribution in [2.45, 2.75) is 96.9 Å². The molecule has 0 aromatic heterocycles. The van der Waals surface area contributed by atoms with Crippen LogP contribution in [0.1, 0.15) is 100 Å². The highest BCUT2D eigenvalue weighted by Crippen LogP contribution is 2.27. The summed E-state index contributed by atoms with van der Waals surface area (Å²) in [7, 11) is 0. The number of Topliss-reactive ketones (excluding diaryl/α,β-unsaturated/α-hetero) is 2. The molecule has 250 valence electrons. The van der Waals surface area contributed by atoms with Crippen LogP contribution in [0.3, 0.4) is 0 Å². The van der Waals surface area contributed by atoms with Crippen LogP contribution < -0.4 is 10.6 Å². The van der Waals surface area contributed by atoms with E-state index >= 15 is 0 Å². The fourth-order valence-electron chi connectivity index (χ4n) is 6.17. The molecule has 0 unspecified atom stereocenters. The van der Waals surface area contributed by atoms with E-state index < -0.39 is 0 Å². The maximum absolute atomic E-state index is 11.2. The molecule has 1 spiro atoms. The summed E-state index contributed by atoms with van der Waals surface area (Å²) in [6, 6.07) is 18.0. The normalized spacial score (nSPS) is 20.3. The highest BCUT2D eigenvalue weighted by Gasteiger charge is 2.37. The fraction of sp³-hybridized carbons (Fsp3) is 0.622. The van der Waals surface area contributed by atoms with Crippen molar-refractivity contribution in [3.63, 3.8) is 0 Å². The Kier molecular flexibility index (Phi) is 15.7. The van der Waals surface area contributed by atoms with Gasteiger partial charge < -0.3 is 10.1 Å². The van der Waals surface area contributed by atoms with Gasteiger partial charge in [0.25, 0.3) is 0 Å². The van der Waals surface area contributed by atoms with E-state index in [0.717, 1.165) is 104 Å². The van der Waals surface area contributed by atoms with Crippen LogP contribution in [0, 0.1) is 0 Å². The Morgan fingerprint density at radius 2 is 1.11 bits per heavy atom. The van der Waals surface area contributed by atoms with Crippen molar-refractivity contribution in [1.82, 2.24) is 20.4 Å². The number of likely N-dealkylation sites (tertiary alicyclic amines) is 2. The summed E-state index contributed by atoms with van der Waals surface area (Å²) in [6.07, 6.45) is 5.14. The number of rotatable bonds is 6. The Morgan fingerprint density at radius 1 is 0.667 bits per heavy atom. The molecule has 0 bridgehead atoms. The Labute approximate surface area is 278 Å². The Balaban J connectivity index is 0.000000201. The smallest absolute Gasteiger partial charge is 0.135 e. The number of carbonyl (C=O) groups is 2. The van der Waals surface area contributed by atoms with Crippen molar-refractivity contribution in [3.05, 3.63) is 70.8 Å². The van der Waals surface area contributed by atoms with Gasteiger partial charge in [0.05, 0.1) is 6.61 Å². The van der Waals surface area contributed by atoms with Crippen molar-refractivity contribution < 1.29 is 14.3 Å². The van der Waals surface area contributed by atoms with Crippen LogP contribution in [-0.4, -0.2) is 79.5 Å². The third-order valence-corrected chi connectivity index (χ3v) is 9.27. The summed E-state index contributed by atoms with van der Waals surface area (Å²) in [5, 5.41) is 6.62. The van der Waals surface area contributed by atoms with E-state index in [4.69, 9.17) is 4.74 Å². The molecule has 45 heavy (non-hydrogen) atoms. The summed E-state index contributed by atoms with van der Waals surface area (Å²) in [5.74, 6) is 2.02. The second-order valence-corrected chi connectivity index (χ2v) is 13.4. The van der Waals surface area contributed by atoms with Gasteiger partial charge in [0.1, 0.15) is 17.3 Å². The van der Waals surface area contributed by atoms with Gasteiger partial charge in [-0.1, -0.05) is 76.2 Å². The minimum absolute atomic E-state index is 0. The number of piperidine rings is 3. The Bertz CT molecular complexity index is 1140. The second-order valence-electron chi connectivity index (χ2n) is 13.4. The molecule has 4 saturated heterocycles. The maximum Gasteiger partial charge on any atom is 0.135 e. The van der Waals surface area contributed by atoms with E-state index in [0.29, 0.717) is 23.4 Å². The molecule has 8 heteroatoms. The van der Waals surface area contributed by atoms with Crippen molar-refractivity contribution in [1.29, 1.82) is 0 Å². The molecule has 2 aromatic rings. The molecule has 0 amide bonds. The molecule has 4 aliphatic heterocycles. The zero-order valence-electron chi connectivity index (χ0n) is 28.1. The standard InChI is InChI=1S/C17H26N2O.C15H21NO.C5H9NO.ClH/c1-14(2)16-5-3-15(4-6-16)13-19-10-7-17(8-11-19)18-9-12-20-17;1-12(2)14-5-3-13(4-6-14)11-16-9-7-15(17)8-10-16;7-5-1-3-6-4-2-5;/h3-6,14,18H,7-13H2,1-2H3;3-6,12H,7-11H2,1-2H3;6H,1-4H2;1H. The fourth-order valence-corrected chi connectivity index (χ4v) is 6.17. The summed E-state index contributed by atoms with van der Waals surface area (Å²) < 4.78 is 5.88. The number of benzene rings is 2. The predicted molar refractivity (Wildman–Crippen MR) is 186 cm³/mol. The third kappa shape index (κ3) is 12.5. The minimum Gasteiger partial charge on any atom is -0.359 e. The molecule has 4 heterocycles. The molecule has 6 rings (SSSR count). The Hall–Kier alpha value is -2.13. The average Bonchev–Trinajstić information content (AvgIpc) is 3.49. The van der Waals surface area contributed by atoms with Gasteiger partial charge >= 0.3 is 0 Å². The molecule has 0 saturated carbocycles. The highest BCUT2D eigenvalue weighted by molar-refractivity contribution is 5.85. The van der Waals surface area contributed by atoms with E-state index in [1.54, 1.807) is 0 Å². The van der Waals surface area contributed by atoms with E-state index in [1.807, 2.05) is 0 Å². The number of halogens is 1. The first kappa shape index (κ1) is 37.3. The number of hydrogen-bond donors (Lipinski definition) is 2. The zero-order chi connectivity index (χ0) is 31.4. The summed E-state index contributed by atoms with van der Waals surface area (Å²) in [5.41, 5.74) is 5.59. The number of carbonyl (C=O) groups excluding carboxylic acids is 2. The summed E-state index contributed by atoms with van der Waals surface area (Å²) in [4.78, 5) is 26.5. The molecule has 4 aliphatic rings. The number of nitrogens with one attached hydrogen (secondary N) is 2. The first-order valence-corrected chi connectivity index (χ1v) is 17.0. The van der Waals surface area contributed by atoms with Gasteiger partial charge in [-0.15, -0.1) is 12.4 Å². The van der Waals surface area contributed by atoms with Crippen LogP contribution in [0.2, 0.25) is 0 Å². The van der Waals surface area contributed by atoms with E-state index in [2.05, 4.69) is 96.7 Å². The first-order chi connectivity index (χ1) is 21.2. The molecule has 2 aromatic carbocycles. The lowest BCUT2D eigenvalue weighted by atomic mass is 9.99. The van der Waals surface area contributed by atoms with Crippen molar-refractivity contribution in [3.8, 4) is 0 Å².